The lowest BCUT2D eigenvalue weighted by Crippen LogP contribution is -2.45. The van der Waals surface area contributed by atoms with Gasteiger partial charge in [-0.15, -0.1) is 0 Å². The van der Waals surface area contributed by atoms with Gasteiger partial charge in [0.2, 0.25) is 15.9 Å². The Morgan fingerprint density at radius 1 is 1.17 bits per heavy atom. The second kappa shape index (κ2) is 5.86. The van der Waals surface area contributed by atoms with Crippen LogP contribution in [0.4, 0.5) is 0 Å². The summed E-state index contributed by atoms with van der Waals surface area (Å²) in [6.45, 7) is 2.93. The molecule has 2 aliphatic heterocycles. The van der Waals surface area contributed by atoms with Crippen LogP contribution in [0.15, 0.2) is 47.5 Å². The summed E-state index contributed by atoms with van der Waals surface area (Å²) in [5.74, 6) is 0.735. The predicted molar refractivity (Wildman–Crippen MR) is 90.5 cm³/mol. The monoisotopic (exact) mass is 344 g/mol. The van der Waals surface area contributed by atoms with E-state index in [-0.39, 0.29) is 16.9 Å². The number of pyridine rings is 1. The van der Waals surface area contributed by atoms with Crippen LogP contribution >= 0.6 is 0 Å². The Bertz CT molecular complexity index is 849. The maximum Gasteiger partial charge on any atom is 0.245 e. The highest BCUT2D eigenvalue weighted by molar-refractivity contribution is 7.89. The van der Waals surface area contributed by atoms with Crippen molar-refractivity contribution in [2.24, 2.45) is 0 Å². The van der Waals surface area contributed by atoms with Crippen molar-refractivity contribution in [1.29, 1.82) is 0 Å². The number of piperidine rings is 1. The molecule has 0 N–H and O–H groups in total. The van der Waals surface area contributed by atoms with E-state index < -0.39 is 10.0 Å². The van der Waals surface area contributed by atoms with Gasteiger partial charge in [-0.05, 0) is 42.9 Å². The van der Waals surface area contributed by atoms with Crippen molar-refractivity contribution in [3.05, 3.63) is 53.7 Å². The van der Waals surface area contributed by atoms with Crippen LogP contribution in [0, 0.1) is 0 Å². The molecule has 0 unspecified atom stereocenters. The van der Waals surface area contributed by atoms with E-state index in [1.165, 1.54) is 11.8 Å². The molecule has 1 aromatic heterocycles. The van der Waals surface area contributed by atoms with Crippen molar-refractivity contribution in [1.82, 2.24) is 9.29 Å². The van der Waals surface area contributed by atoms with E-state index in [0.29, 0.717) is 19.0 Å². The van der Waals surface area contributed by atoms with Crippen LogP contribution in [0.2, 0.25) is 0 Å². The van der Waals surface area contributed by atoms with Crippen molar-refractivity contribution >= 4 is 10.0 Å². The lowest BCUT2D eigenvalue weighted by molar-refractivity contribution is 0.207. The summed E-state index contributed by atoms with van der Waals surface area (Å²) in [5.41, 5.74) is 2.47. The molecule has 1 saturated heterocycles. The lowest BCUT2D eigenvalue weighted by atomic mass is 9.76. The summed E-state index contributed by atoms with van der Waals surface area (Å²) in [4.78, 5) is 4.34. The topological polar surface area (TPSA) is 59.5 Å². The first-order valence-corrected chi connectivity index (χ1v) is 9.75. The molecule has 3 heterocycles. The van der Waals surface area contributed by atoms with Crippen LogP contribution in [0.3, 0.4) is 0 Å². The first-order valence-electron chi connectivity index (χ1n) is 8.30. The van der Waals surface area contributed by atoms with E-state index in [2.05, 4.69) is 17.1 Å². The molecule has 0 saturated carbocycles. The molecule has 5 nitrogen and oxygen atoms in total. The normalized spacial score (nSPS) is 23.0. The zero-order valence-electron chi connectivity index (χ0n) is 13.6. The molecule has 1 fully saturated rings. The minimum absolute atomic E-state index is 0.0669. The molecule has 1 aliphatic carbocycles. The highest BCUT2D eigenvalue weighted by atomic mass is 32.2. The average Bonchev–Trinajstić information content (AvgIpc) is 2.63. The summed E-state index contributed by atoms with van der Waals surface area (Å²) < 4.78 is 33.2. The third kappa shape index (κ3) is 2.41. The van der Waals surface area contributed by atoms with Crippen molar-refractivity contribution < 1.29 is 13.2 Å². The molecule has 126 valence electrons. The van der Waals surface area contributed by atoms with Gasteiger partial charge in [0.05, 0.1) is 18.8 Å². The van der Waals surface area contributed by atoms with Gasteiger partial charge in [0, 0.05) is 12.6 Å². The van der Waals surface area contributed by atoms with E-state index in [1.807, 2.05) is 19.1 Å². The molecule has 2 atom stereocenters. The van der Waals surface area contributed by atoms with E-state index in [9.17, 15) is 8.42 Å². The van der Waals surface area contributed by atoms with Gasteiger partial charge in [-0.3, -0.25) is 0 Å². The third-order valence-corrected chi connectivity index (χ3v) is 6.80. The molecule has 6 heteroatoms. The van der Waals surface area contributed by atoms with Gasteiger partial charge in [-0.1, -0.05) is 24.3 Å². The summed E-state index contributed by atoms with van der Waals surface area (Å²) >= 11 is 0. The third-order valence-electron chi connectivity index (χ3n) is 4.94. The van der Waals surface area contributed by atoms with Crippen LogP contribution in [-0.2, 0) is 10.0 Å². The number of benzene rings is 1. The summed E-state index contributed by atoms with van der Waals surface area (Å²) in [7, 11) is -3.55. The van der Waals surface area contributed by atoms with E-state index >= 15 is 0 Å². The number of aromatic nitrogens is 1. The Kier molecular flexibility index (Phi) is 3.81. The van der Waals surface area contributed by atoms with Gasteiger partial charge < -0.3 is 4.74 Å². The van der Waals surface area contributed by atoms with Crippen molar-refractivity contribution in [2.45, 2.75) is 36.6 Å². The van der Waals surface area contributed by atoms with Crippen molar-refractivity contribution in [3.8, 4) is 5.88 Å². The first-order chi connectivity index (χ1) is 11.6. The van der Waals surface area contributed by atoms with Crippen LogP contribution in [0.1, 0.15) is 42.9 Å². The fourth-order valence-electron chi connectivity index (χ4n) is 3.84. The molecule has 2 bridgehead atoms. The fourth-order valence-corrected chi connectivity index (χ4v) is 5.47. The molecule has 1 aromatic carbocycles. The van der Waals surface area contributed by atoms with Crippen LogP contribution < -0.4 is 4.74 Å². The quantitative estimate of drug-likeness (QED) is 0.855. The molecule has 24 heavy (non-hydrogen) atoms. The van der Waals surface area contributed by atoms with Crippen LogP contribution in [0.25, 0.3) is 0 Å². The molecule has 0 spiro atoms. The van der Waals surface area contributed by atoms with E-state index in [1.54, 1.807) is 16.4 Å². The zero-order valence-corrected chi connectivity index (χ0v) is 14.4. The van der Waals surface area contributed by atoms with E-state index in [4.69, 9.17) is 4.74 Å². The Morgan fingerprint density at radius 2 is 1.96 bits per heavy atom. The Balaban J connectivity index is 1.69. The van der Waals surface area contributed by atoms with Gasteiger partial charge in [0.15, 0.2) is 0 Å². The minimum Gasteiger partial charge on any atom is -0.478 e. The predicted octanol–water partition coefficient (Wildman–Crippen LogP) is 3.10. The van der Waals surface area contributed by atoms with Gasteiger partial charge >= 0.3 is 0 Å². The smallest absolute Gasteiger partial charge is 0.245 e. The number of nitrogens with zero attached hydrogens (tertiary/aromatic N) is 2. The van der Waals surface area contributed by atoms with Crippen LogP contribution in [-0.4, -0.2) is 30.9 Å². The highest BCUT2D eigenvalue weighted by Gasteiger charge is 2.43. The highest BCUT2D eigenvalue weighted by Crippen LogP contribution is 2.48. The van der Waals surface area contributed by atoms with Gasteiger partial charge in [-0.2, -0.15) is 4.31 Å². The molecule has 0 amide bonds. The molecule has 5 rings (SSSR count). The number of hydrogen-bond donors (Lipinski definition) is 0. The fraction of sp³-hybridized carbons (Fsp3) is 0.389. The number of sulfonamides is 1. The summed E-state index contributed by atoms with van der Waals surface area (Å²) in [6, 6.07) is 11.4. The molecule has 2 aromatic rings. The number of rotatable bonds is 4. The minimum atomic E-state index is -3.55. The zero-order chi connectivity index (χ0) is 16.7. The van der Waals surface area contributed by atoms with Crippen LogP contribution in [0.5, 0.6) is 5.88 Å². The maximum atomic E-state index is 13.1. The first kappa shape index (κ1) is 15.6. The number of hydrogen-bond acceptors (Lipinski definition) is 4. The standard InChI is InChI=1S/C18H20N2O3S/c1-2-23-18-10-8-14(11-19-18)24(21,22)20-12-13-7-9-17(20)16-6-4-3-5-15(13)16/h3-6,8,10-11,13,17H,2,7,9,12H2,1H3/t13-,17+/m1/s1. The molecule has 3 aliphatic rings. The Morgan fingerprint density at radius 3 is 2.67 bits per heavy atom. The molecule has 0 radical (unpaired) electrons. The maximum absolute atomic E-state index is 13.1. The summed E-state index contributed by atoms with van der Waals surface area (Å²) in [5, 5.41) is 0. The van der Waals surface area contributed by atoms with Crippen molar-refractivity contribution in [2.75, 3.05) is 13.2 Å². The Hall–Kier alpha value is -1.92. The second-order valence-corrected chi connectivity index (χ2v) is 8.15. The lowest BCUT2D eigenvalue weighted by Gasteiger charge is -2.45. The van der Waals surface area contributed by atoms with Gasteiger partial charge in [-0.25, -0.2) is 13.4 Å². The van der Waals surface area contributed by atoms with Crippen molar-refractivity contribution in [3.63, 3.8) is 0 Å². The Labute approximate surface area is 142 Å². The van der Waals surface area contributed by atoms with Gasteiger partial charge in [0.25, 0.3) is 0 Å². The van der Waals surface area contributed by atoms with Gasteiger partial charge in [0.1, 0.15) is 4.90 Å². The number of ether oxygens (including phenoxy) is 1. The average molecular weight is 344 g/mol. The number of fused-ring (bicyclic) bond motifs is 2. The molecular formula is C18H20N2O3S. The summed E-state index contributed by atoms with van der Waals surface area (Å²) in [6.07, 6.45) is 3.33. The molecular weight excluding hydrogens is 324 g/mol. The SMILES string of the molecule is CCOc1ccc(S(=O)(=O)N2C[C@H]3CC[C@H]2c2ccccc23)cn1. The second-order valence-electron chi connectivity index (χ2n) is 6.26. The van der Waals surface area contributed by atoms with E-state index in [0.717, 1.165) is 18.4 Å². The largest absolute Gasteiger partial charge is 0.478 e.